The molecular formula is C32H31N5O4. The molecule has 1 atom stereocenters. The molecule has 1 N–H and O–H groups in total. The molecule has 1 heterocycles. The number of para-hydroxylation sites is 1. The first-order valence-corrected chi connectivity index (χ1v) is 13.2. The number of aromatic nitrogens is 3. The van der Waals surface area contributed by atoms with E-state index >= 15 is 0 Å². The van der Waals surface area contributed by atoms with Crippen molar-refractivity contribution in [3.8, 4) is 11.5 Å². The van der Waals surface area contributed by atoms with Gasteiger partial charge in [-0.2, -0.15) is 0 Å². The highest BCUT2D eigenvalue weighted by Gasteiger charge is 2.32. The Hall–Kier alpha value is -5.18. The molecule has 4 aromatic carbocycles. The van der Waals surface area contributed by atoms with E-state index in [9.17, 15) is 9.59 Å². The average Bonchev–Trinajstić information content (AvgIpc) is 3.41. The van der Waals surface area contributed by atoms with Gasteiger partial charge in [-0.15, -0.1) is 5.10 Å². The van der Waals surface area contributed by atoms with Gasteiger partial charge in [0.1, 0.15) is 29.6 Å². The number of rotatable bonds is 10. The Morgan fingerprint density at radius 1 is 0.854 bits per heavy atom. The van der Waals surface area contributed by atoms with Crippen LogP contribution in [0.25, 0.3) is 11.0 Å². The first-order chi connectivity index (χ1) is 19.9. The molecule has 0 spiro atoms. The smallest absolute Gasteiger partial charge is 0.251 e. The third-order valence-corrected chi connectivity index (χ3v) is 6.85. The number of methoxy groups -OCH3 is 2. The molecule has 0 fully saturated rings. The molecule has 0 aliphatic carbocycles. The average molecular weight is 550 g/mol. The fourth-order valence-corrected chi connectivity index (χ4v) is 4.61. The minimum Gasteiger partial charge on any atom is -0.497 e. The van der Waals surface area contributed by atoms with Crippen molar-refractivity contribution in [2.24, 2.45) is 0 Å². The van der Waals surface area contributed by atoms with Gasteiger partial charge in [0, 0.05) is 12.2 Å². The van der Waals surface area contributed by atoms with Crippen LogP contribution >= 0.6 is 0 Å². The molecule has 0 aliphatic rings. The number of benzene rings is 4. The second-order valence-corrected chi connectivity index (χ2v) is 9.64. The van der Waals surface area contributed by atoms with Crippen molar-refractivity contribution in [3.63, 3.8) is 0 Å². The molecule has 41 heavy (non-hydrogen) atoms. The molecule has 208 valence electrons. The fraction of sp³-hybridized carbons (Fsp3) is 0.188. The van der Waals surface area contributed by atoms with Crippen molar-refractivity contribution in [1.82, 2.24) is 19.9 Å². The van der Waals surface area contributed by atoms with Gasteiger partial charge in [0.2, 0.25) is 5.91 Å². The Balaban J connectivity index is 1.53. The van der Waals surface area contributed by atoms with Crippen LogP contribution in [0.2, 0.25) is 0 Å². The summed E-state index contributed by atoms with van der Waals surface area (Å²) in [5, 5.41) is 11.4. The summed E-state index contributed by atoms with van der Waals surface area (Å²) in [4.78, 5) is 29.7. The highest BCUT2D eigenvalue weighted by Crippen LogP contribution is 2.28. The molecule has 1 unspecified atom stereocenters. The van der Waals surface area contributed by atoms with E-state index in [-0.39, 0.29) is 24.9 Å². The number of ether oxygens (including phenoxy) is 2. The number of carbonyl (C=O) groups is 2. The third kappa shape index (κ3) is 6.36. The molecule has 2 amide bonds. The minimum atomic E-state index is -0.929. The lowest BCUT2D eigenvalue weighted by Crippen LogP contribution is -2.42. The van der Waals surface area contributed by atoms with Gasteiger partial charge < -0.3 is 19.7 Å². The molecule has 0 aliphatic heterocycles. The van der Waals surface area contributed by atoms with Crippen molar-refractivity contribution in [3.05, 3.63) is 114 Å². The van der Waals surface area contributed by atoms with Crippen LogP contribution in [-0.2, 0) is 22.7 Å². The first kappa shape index (κ1) is 27.4. The van der Waals surface area contributed by atoms with Gasteiger partial charge in [-0.3, -0.25) is 9.59 Å². The molecule has 5 rings (SSSR count). The van der Waals surface area contributed by atoms with Gasteiger partial charge in [-0.1, -0.05) is 59.3 Å². The van der Waals surface area contributed by atoms with E-state index < -0.39 is 6.04 Å². The van der Waals surface area contributed by atoms with Crippen LogP contribution < -0.4 is 14.8 Å². The summed E-state index contributed by atoms with van der Waals surface area (Å²) in [6.07, 6.45) is 0. The topological polar surface area (TPSA) is 98.6 Å². The molecular weight excluding hydrogens is 518 g/mol. The Morgan fingerprint density at radius 2 is 1.49 bits per heavy atom. The number of nitrogens with one attached hydrogen (secondary N) is 1. The van der Waals surface area contributed by atoms with Crippen LogP contribution in [0.5, 0.6) is 11.5 Å². The minimum absolute atomic E-state index is 0.0884. The predicted molar refractivity (Wildman–Crippen MR) is 157 cm³/mol. The lowest BCUT2D eigenvalue weighted by atomic mass is 10.0. The summed E-state index contributed by atoms with van der Waals surface area (Å²) in [5.74, 6) is 0.749. The van der Waals surface area contributed by atoms with E-state index in [2.05, 4.69) is 15.6 Å². The number of anilines is 1. The van der Waals surface area contributed by atoms with E-state index in [0.29, 0.717) is 28.3 Å². The fourth-order valence-electron chi connectivity index (χ4n) is 4.61. The molecule has 9 nitrogen and oxygen atoms in total. The number of fused-ring (bicyclic) bond motifs is 1. The maximum Gasteiger partial charge on any atom is 0.251 e. The Kier molecular flexibility index (Phi) is 8.24. The van der Waals surface area contributed by atoms with Crippen molar-refractivity contribution in [2.75, 3.05) is 19.5 Å². The summed E-state index contributed by atoms with van der Waals surface area (Å²) in [6.45, 7) is 2.07. The normalized spacial score (nSPS) is 11.6. The zero-order valence-corrected chi connectivity index (χ0v) is 23.2. The number of amides is 2. The maximum absolute atomic E-state index is 14.1. The van der Waals surface area contributed by atoms with E-state index in [1.54, 1.807) is 48.1 Å². The Morgan fingerprint density at radius 3 is 2.15 bits per heavy atom. The van der Waals surface area contributed by atoms with Crippen LogP contribution in [0, 0.1) is 6.92 Å². The largest absolute Gasteiger partial charge is 0.497 e. The van der Waals surface area contributed by atoms with E-state index in [0.717, 1.165) is 16.6 Å². The van der Waals surface area contributed by atoms with Gasteiger partial charge in [-0.25, -0.2) is 4.68 Å². The summed E-state index contributed by atoms with van der Waals surface area (Å²) < 4.78 is 12.1. The van der Waals surface area contributed by atoms with Gasteiger partial charge in [0.05, 0.1) is 19.7 Å². The molecule has 9 heteroatoms. The second-order valence-electron chi connectivity index (χ2n) is 9.64. The number of aryl methyl sites for hydroxylation is 1. The molecule has 0 saturated carbocycles. The van der Waals surface area contributed by atoms with Crippen LogP contribution in [0.1, 0.15) is 22.7 Å². The van der Waals surface area contributed by atoms with Gasteiger partial charge in [-0.05, 0) is 66.6 Å². The van der Waals surface area contributed by atoms with Crippen LogP contribution in [0.15, 0.2) is 97.1 Å². The predicted octanol–water partition coefficient (Wildman–Crippen LogP) is 5.17. The van der Waals surface area contributed by atoms with Crippen molar-refractivity contribution in [2.45, 2.75) is 26.1 Å². The van der Waals surface area contributed by atoms with Crippen LogP contribution in [0.3, 0.4) is 0 Å². The molecule has 0 saturated heterocycles. The highest BCUT2D eigenvalue weighted by atomic mass is 16.5. The lowest BCUT2D eigenvalue weighted by molar-refractivity contribution is -0.140. The van der Waals surface area contributed by atoms with Gasteiger partial charge in [0.15, 0.2) is 0 Å². The van der Waals surface area contributed by atoms with Crippen LogP contribution in [0.4, 0.5) is 5.69 Å². The lowest BCUT2D eigenvalue weighted by Gasteiger charge is -2.32. The second kappa shape index (κ2) is 12.3. The van der Waals surface area contributed by atoms with E-state index in [1.807, 2.05) is 79.7 Å². The van der Waals surface area contributed by atoms with Gasteiger partial charge in [0.25, 0.3) is 5.91 Å². The summed E-state index contributed by atoms with van der Waals surface area (Å²) in [7, 11) is 3.19. The number of hydrogen-bond donors (Lipinski definition) is 1. The SMILES string of the molecule is COc1ccc(CN(C(=O)Cn2nnc3ccccc32)C(C(=O)Nc2ccc(OC)cc2)c2ccc(C)cc2)cc1. The number of nitrogens with zero attached hydrogens (tertiary/aromatic N) is 4. The zero-order chi connectivity index (χ0) is 28.8. The van der Waals surface area contributed by atoms with Crippen molar-refractivity contribution >= 4 is 28.5 Å². The van der Waals surface area contributed by atoms with Crippen molar-refractivity contribution in [1.29, 1.82) is 0 Å². The molecule has 0 bridgehead atoms. The summed E-state index contributed by atoms with van der Waals surface area (Å²) in [5.41, 5.74) is 4.59. The van der Waals surface area contributed by atoms with E-state index in [1.165, 1.54) is 0 Å². The molecule has 5 aromatic rings. The van der Waals surface area contributed by atoms with Crippen molar-refractivity contribution < 1.29 is 19.1 Å². The Labute approximate surface area is 238 Å². The number of hydrogen-bond acceptors (Lipinski definition) is 6. The van der Waals surface area contributed by atoms with Gasteiger partial charge >= 0.3 is 0 Å². The molecule has 0 radical (unpaired) electrons. The first-order valence-electron chi connectivity index (χ1n) is 13.2. The maximum atomic E-state index is 14.1. The monoisotopic (exact) mass is 549 g/mol. The number of carbonyl (C=O) groups excluding carboxylic acids is 2. The summed E-state index contributed by atoms with van der Waals surface area (Å²) >= 11 is 0. The standard InChI is InChI=1S/C32H31N5O4/c1-22-8-12-24(13-9-22)31(32(39)33-25-14-18-27(41-3)19-15-25)36(20-23-10-16-26(40-2)17-11-23)30(38)21-37-29-7-5-4-6-28(29)34-35-37/h4-19,31H,20-21H2,1-3H3,(H,33,39). The summed E-state index contributed by atoms with van der Waals surface area (Å²) in [6, 6.07) is 28.7. The van der Waals surface area contributed by atoms with Crippen LogP contribution in [-0.4, -0.2) is 45.9 Å². The quantitative estimate of drug-likeness (QED) is 0.258. The third-order valence-electron chi connectivity index (χ3n) is 6.85. The Bertz CT molecular complexity index is 1630. The highest BCUT2D eigenvalue weighted by molar-refractivity contribution is 5.98. The molecule has 1 aromatic heterocycles. The zero-order valence-electron chi connectivity index (χ0n) is 23.2. The van der Waals surface area contributed by atoms with E-state index in [4.69, 9.17) is 9.47 Å².